The van der Waals surface area contributed by atoms with Gasteiger partial charge in [0.1, 0.15) is 12.0 Å². The molecule has 8 nitrogen and oxygen atoms in total. The summed E-state index contributed by atoms with van der Waals surface area (Å²) in [5.41, 5.74) is -0.225. The molecule has 0 atom stereocenters. The fourth-order valence-electron chi connectivity index (χ4n) is 1.20. The molecule has 0 fully saturated rings. The second-order valence-corrected chi connectivity index (χ2v) is 5.53. The topological polar surface area (TPSA) is 112 Å². The number of nitrogens with zero attached hydrogens (tertiary/aromatic N) is 6. The molecule has 0 amide bonds. The highest BCUT2D eigenvalue weighted by Gasteiger charge is 2.22. The molecule has 9 heteroatoms. The summed E-state index contributed by atoms with van der Waals surface area (Å²) in [7, 11) is 0. The molecular weight excluding hydrogens is 278 g/mol. The first-order valence-corrected chi connectivity index (χ1v) is 6.96. The van der Waals surface area contributed by atoms with Crippen molar-refractivity contribution >= 4 is 11.8 Å². The highest BCUT2D eigenvalue weighted by molar-refractivity contribution is 7.98. The maximum absolute atomic E-state index is 11.7. The molecule has 2 N–H and O–H groups in total. The van der Waals surface area contributed by atoms with Crippen molar-refractivity contribution < 1.29 is 0 Å². The summed E-state index contributed by atoms with van der Waals surface area (Å²) in [4.78, 5) is 15.3. The van der Waals surface area contributed by atoms with E-state index in [1.165, 1.54) is 24.3 Å². The Kier molecular flexibility index (Phi) is 5.56. The molecule has 0 aliphatic heterocycles. The SMILES string of the molecule is CSc1nnc(C(C)(C)C)c(=O)n1N.c1cnncn1. The average molecular weight is 295 g/mol. The summed E-state index contributed by atoms with van der Waals surface area (Å²) >= 11 is 1.29. The molecule has 2 rings (SSSR count). The predicted molar refractivity (Wildman–Crippen MR) is 76.8 cm³/mol. The van der Waals surface area contributed by atoms with Crippen molar-refractivity contribution in [2.24, 2.45) is 0 Å². The first-order valence-electron chi connectivity index (χ1n) is 5.74. The largest absolute Gasteiger partial charge is 0.334 e. The molecule has 0 saturated carbocycles. The summed E-state index contributed by atoms with van der Waals surface area (Å²) < 4.78 is 1.04. The van der Waals surface area contributed by atoms with E-state index in [1.54, 1.807) is 12.5 Å². The maximum Gasteiger partial charge on any atom is 0.295 e. The number of rotatable bonds is 1. The summed E-state index contributed by atoms with van der Waals surface area (Å²) in [6, 6.07) is 0. The summed E-state index contributed by atoms with van der Waals surface area (Å²) in [5, 5.41) is 15.1. The van der Waals surface area contributed by atoms with Crippen LogP contribution in [0.1, 0.15) is 26.5 Å². The van der Waals surface area contributed by atoms with E-state index in [4.69, 9.17) is 5.84 Å². The molecule has 0 bridgehead atoms. The highest BCUT2D eigenvalue weighted by Crippen LogP contribution is 2.16. The third-order valence-corrected chi connectivity index (χ3v) is 2.80. The number of aromatic nitrogens is 6. The normalized spacial score (nSPS) is 10.6. The van der Waals surface area contributed by atoms with Crippen LogP contribution in [0.2, 0.25) is 0 Å². The zero-order valence-electron chi connectivity index (χ0n) is 11.8. The van der Waals surface area contributed by atoms with Crippen molar-refractivity contribution in [3.05, 3.63) is 34.8 Å². The van der Waals surface area contributed by atoms with E-state index in [0.29, 0.717) is 10.9 Å². The molecule has 2 heterocycles. The standard InChI is InChI=1S/C8H14N4OS.C3H3N3/c1-8(2,3)5-6(13)12(9)7(14-4)11-10-5;1-2-5-6-3-4-1/h9H2,1-4H3;1-3H. The van der Waals surface area contributed by atoms with Crippen LogP contribution in [0.25, 0.3) is 0 Å². The average Bonchev–Trinajstić information content (AvgIpc) is 2.43. The Balaban J connectivity index is 0.000000276. The molecule has 0 aromatic carbocycles. The third-order valence-electron chi connectivity index (χ3n) is 2.16. The highest BCUT2D eigenvalue weighted by atomic mass is 32.2. The van der Waals surface area contributed by atoms with Crippen LogP contribution in [0.3, 0.4) is 0 Å². The molecule has 0 aliphatic rings. The Bertz CT molecular complexity index is 567. The minimum atomic E-state index is -0.331. The summed E-state index contributed by atoms with van der Waals surface area (Å²) in [6.45, 7) is 5.70. The van der Waals surface area contributed by atoms with Crippen molar-refractivity contribution in [3.63, 3.8) is 0 Å². The predicted octanol–water partition coefficient (Wildman–Crippen LogP) is 0.243. The van der Waals surface area contributed by atoms with Crippen LogP contribution in [0.5, 0.6) is 0 Å². The van der Waals surface area contributed by atoms with Gasteiger partial charge in [-0.1, -0.05) is 32.5 Å². The van der Waals surface area contributed by atoms with Gasteiger partial charge in [0.15, 0.2) is 0 Å². The van der Waals surface area contributed by atoms with E-state index in [9.17, 15) is 4.79 Å². The Morgan fingerprint density at radius 2 is 1.90 bits per heavy atom. The van der Waals surface area contributed by atoms with Crippen molar-refractivity contribution in [3.8, 4) is 0 Å². The Morgan fingerprint density at radius 1 is 1.20 bits per heavy atom. The maximum atomic E-state index is 11.7. The first-order chi connectivity index (χ1) is 9.38. The molecule has 2 aromatic heterocycles. The van der Waals surface area contributed by atoms with Crippen molar-refractivity contribution in [2.45, 2.75) is 31.3 Å². The van der Waals surface area contributed by atoms with Crippen LogP contribution in [-0.2, 0) is 5.41 Å². The summed E-state index contributed by atoms with van der Waals surface area (Å²) in [5.74, 6) is 5.57. The molecule has 0 aliphatic carbocycles. The van der Waals surface area contributed by atoms with Gasteiger partial charge in [0.2, 0.25) is 5.16 Å². The van der Waals surface area contributed by atoms with Crippen LogP contribution >= 0.6 is 11.8 Å². The van der Waals surface area contributed by atoms with Gasteiger partial charge in [0, 0.05) is 11.6 Å². The number of hydrogen-bond acceptors (Lipinski definition) is 8. The van der Waals surface area contributed by atoms with Crippen LogP contribution in [0.15, 0.2) is 28.7 Å². The van der Waals surface area contributed by atoms with E-state index < -0.39 is 0 Å². The lowest BCUT2D eigenvalue weighted by Gasteiger charge is -2.16. The fourth-order valence-corrected chi connectivity index (χ4v) is 1.60. The number of hydrogen-bond donors (Lipinski definition) is 1. The Labute approximate surface area is 120 Å². The van der Waals surface area contributed by atoms with E-state index in [-0.39, 0.29) is 11.0 Å². The van der Waals surface area contributed by atoms with Crippen LogP contribution < -0.4 is 11.4 Å². The van der Waals surface area contributed by atoms with Gasteiger partial charge >= 0.3 is 0 Å². The zero-order chi connectivity index (χ0) is 15.2. The van der Waals surface area contributed by atoms with Gasteiger partial charge in [-0.2, -0.15) is 9.77 Å². The molecule has 0 unspecified atom stereocenters. The molecule has 0 saturated heterocycles. The van der Waals surface area contributed by atoms with Crippen LogP contribution in [-0.4, -0.2) is 36.3 Å². The Hall–Kier alpha value is -2.03. The van der Waals surface area contributed by atoms with Gasteiger partial charge in [-0.3, -0.25) is 4.79 Å². The lowest BCUT2D eigenvalue weighted by atomic mass is 9.93. The Morgan fingerprint density at radius 3 is 2.25 bits per heavy atom. The van der Waals surface area contributed by atoms with Gasteiger partial charge in [-0.25, -0.2) is 4.98 Å². The molecule has 0 spiro atoms. The van der Waals surface area contributed by atoms with E-state index >= 15 is 0 Å². The molecule has 0 radical (unpaired) electrons. The van der Waals surface area contributed by atoms with E-state index in [0.717, 1.165) is 4.68 Å². The van der Waals surface area contributed by atoms with Crippen molar-refractivity contribution in [2.75, 3.05) is 12.1 Å². The number of nitrogens with two attached hydrogens (primary N) is 1. The third kappa shape index (κ3) is 4.26. The fraction of sp³-hybridized carbons (Fsp3) is 0.455. The van der Waals surface area contributed by atoms with Gasteiger partial charge in [-0.05, 0) is 6.26 Å². The lowest BCUT2D eigenvalue weighted by molar-refractivity contribution is 0.520. The quantitative estimate of drug-likeness (QED) is 0.588. The second-order valence-electron chi connectivity index (χ2n) is 4.75. The monoisotopic (exact) mass is 295 g/mol. The molecular formula is C11H17N7OS. The van der Waals surface area contributed by atoms with Crippen molar-refractivity contribution in [1.82, 2.24) is 30.1 Å². The molecule has 2 aromatic rings. The van der Waals surface area contributed by atoms with Gasteiger partial charge < -0.3 is 5.84 Å². The van der Waals surface area contributed by atoms with E-state index in [1.807, 2.05) is 20.8 Å². The zero-order valence-corrected chi connectivity index (χ0v) is 12.6. The number of nitrogen functional groups attached to an aromatic ring is 1. The molecule has 108 valence electrons. The summed E-state index contributed by atoms with van der Waals surface area (Å²) in [6.07, 6.45) is 6.29. The minimum Gasteiger partial charge on any atom is -0.334 e. The first kappa shape index (κ1) is 16.0. The number of thioether (sulfide) groups is 1. The smallest absolute Gasteiger partial charge is 0.295 e. The van der Waals surface area contributed by atoms with E-state index in [2.05, 4.69) is 25.4 Å². The lowest BCUT2D eigenvalue weighted by Crippen LogP contribution is -2.37. The van der Waals surface area contributed by atoms with Crippen molar-refractivity contribution in [1.29, 1.82) is 0 Å². The van der Waals surface area contributed by atoms with Gasteiger partial charge in [0.25, 0.3) is 5.56 Å². The van der Waals surface area contributed by atoms with Gasteiger partial charge in [-0.15, -0.1) is 15.3 Å². The molecule has 20 heavy (non-hydrogen) atoms. The van der Waals surface area contributed by atoms with Crippen LogP contribution in [0, 0.1) is 0 Å². The van der Waals surface area contributed by atoms with Crippen LogP contribution in [0.4, 0.5) is 0 Å². The van der Waals surface area contributed by atoms with Gasteiger partial charge in [0.05, 0.1) is 6.20 Å². The second kappa shape index (κ2) is 6.94. The minimum absolute atomic E-state index is 0.281.